The van der Waals surface area contributed by atoms with Crippen molar-refractivity contribution in [2.75, 3.05) is 10.5 Å². The number of aromatic amines is 1. The Bertz CT molecular complexity index is 620. The molecule has 90 valence electrons. The largest absolute Gasteiger partial charge is 0.398 e. The minimum atomic E-state index is -3.68. The summed E-state index contributed by atoms with van der Waals surface area (Å²) in [7, 11) is -3.68. The van der Waals surface area contributed by atoms with Gasteiger partial charge < -0.3 is 5.73 Å². The zero-order valence-corrected chi connectivity index (χ0v) is 9.95. The number of hydrogen-bond acceptors (Lipinski definition) is 4. The van der Waals surface area contributed by atoms with E-state index in [9.17, 15) is 8.42 Å². The van der Waals surface area contributed by atoms with E-state index in [-0.39, 0.29) is 10.6 Å². The molecule has 0 atom stereocenters. The number of aryl methyl sites for hydroxylation is 1. The average Bonchev–Trinajstić information content (AvgIpc) is 2.68. The van der Waals surface area contributed by atoms with Crippen molar-refractivity contribution in [3.63, 3.8) is 0 Å². The fraction of sp³-hybridized carbons (Fsp3) is 0.100. The van der Waals surface area contributed by atoms with Crippen molar-refractivity contribution in [3.05, 3.63) is 36.0 Å². The number of aromatic nitrogens is 2. The second-order valence-corrected chi connectivity index (χ2v) is 5.27. The quantitative estimate of drug-likeness (QED) is 0.712. The summed E-state index contributed by atoms with van der Waals surface area (Å²) in [5.74, 6) is 0.296. The molecule has 0 aliphatic rings. The Hall–Kier alpha value is -2.02. The molecule has 0 spiro atoms. The van der Waals surface area contributed by atoms with Gasteiger partial charge in [0.05, 0.1) is 11.9 Å². The van der Waals surface area contributed by atoms with Gasteiger partial charge in [0.15, 0.2) is 0 Å². The highest BCUT2D eigenvalue weighted by Gasteiger charge is 2.17. The van der Waals surface area contributed by atoms with Gasteiger partial charge in [-0.25, -0.2) is 8.42 Å². The molecule has 0 fully saturated rings. The summed E-state index contributed by atoms with van der Waals surface area (Å²) in [6, 6.07) is 6.30. The van der Waals surface area contributed by atoms with Crippen molar-refractivity contribution in [3.8, 4) is 0 Å². The third kappa shape index (κ3) is 2.39. The summed E-state index contributed by atoms with van der Waals surface area (Å²) < 4.78 is 26.3. The molecular formula is C10H12N4O2S. The van der Waals surface area contributed by atoms with Crippen LogP contribution in [0.3, 0.4) is 0 Å². The molecule has 1 aromatic heterocycles. The highest BCUT2D eigenvalue weighted by molar-refractivity contribution is 7.92. The summed E-state index contributed by atoms with van der Waals surface area (Å²) in [5.41, 5.74) is 6.82. The first kappa shape index (κ1) is 11.5. The number of nitrogens with two attached hydrogens (primary N) is 1. The van der Waals surface area contributed by atoms with E-state index < -0.39 is 10.0 Å². The van der Waals surface area contributed by atoms with Gasteiger partial charge in [-0.3, -0.25) is 9.82 Å². The second-order valence-electron chi connectivity index (χ2n) is 3.62. The fourth-order valence-electron chi connectivity index (χ4n) is 1.43. The van der Waals surface area contributed by atoms with Gasteiger partial charge in [0.25, 0.3) is 10.0 Å². The number of nitrogen functional groups attached to an aromatic ring is 1. The molecule has 17 heavy (non-hydrogen) atoms. The number of nitrogens with zero attached hydrogens (tertiary/aromatic N) is 1. The summed E-state index contributed by atoms with van der Waals surface area (Å²) in [5, 5.41) is 6.17. The molecule has 1 aromatic carbocycles. The van der Waals surface area contributed by atoms with Gasteiger partial charge in [-0.15, -0.1) is 0 Å². The molecule has 4 N–H and O–H groups in total. The number of anilines is 2. The molecule has 0 aliphatic carbocycles. The molecule has 0 bridgehead atoms. The minimum absolute atomic E-state index is 0.0534. The van der Waals surface area contributed by atoms with E-state index in [2.05, 4.69) is 14.9 Å². The smallest absolute Gasteiger partial charge is 0.265 e. The van der Waals surface area contributed by atoms with E-state index in [1.165, 1.54) is 18.3 Å². The molecule has 0 amide bonds. The summed E-state index contributed by atoms with van der Waals surface area (Å²) in [6.07, 6.45) is 1.45. The van der Waals surface area contributed by atoms with Crippen LogP contribution in [0.15, 0.2) is 35.4 Å². The van der Waals surface area contributed by atoms with Crippen LogP contribution in [0.1, 0.15) is 5.56 Å². The van der Waals surface area contributed by atoms with E-state index in [1.54, 1.807) is 12.1 Å². The van der Waals surface area contributed by atoms with Crippen LogP contribution in [0.2, 0.25) is 0 Å². The maximum atomic E-state index is 12.0. The van der Waals surface area contributed by atoms with Crippen LogP contribution in [0.5, 0.6) is 0 Å². The van der Waals surface area contributed by atoms with Crippen LogP contribution in [-0.4, -0.2) is 18.6 Å². The Morgan fingerprint density at radius 3 is 2.71 bits per heavy atom. The zero-order valence-electron chi connectivity index (χ0n) is 9.14. The molecule has 0 unspecified atom stereocenters. The lowest BCUT2D eigenvalue weighted by Gasteiger charge is -2.08. The lowest BCUT2D eigenvalue weighted by atomic mass is 10.2. The van der Waals surface area contributed by atoms with Crippen molar-refractivity contribution >= 4 is 21.5 Å². The first-order valence-electron chi connectivity index (χ1n) is 4.87. The minimum Gasteiger partial charge on any atom is -0.398 e. The van der Waals surface area contributed by atoms with Crippen molar-refractivity contribution in [2.24, 2.45) is 0 Å². The highest BCUT2D eigenvalue weighted by Crippen LogP contribution is 2.21. The van der Waals surface area contributed by atoms with Gasteiger partial charge in [0.2, 0.25) is 0 Å². The Kier molecular flexibility index (Phi) is 2.76. The monoisotopic (exact) mass is 252 g/mol. The Labute approximate surface area is 98.9 Å². The lowest BCUT2D eigenvalue weighted by Crippen LogP contribution is -2.15. The Balaban J connectivity index is 2.38. The number of benzene rings is 1. The molecule has 0 radical (unpaired) electrons. The van der Waals surface area contributed by atoms with Crippen molar-refractivity contribution in [2.45, 2.75) is 11.8 Å². The van der Waals surface area contributed by atoms with Crippen molar-refractivity contribution < 1.29 is 8.42 Å². The third-order valence-corrected chi connectivity index (χ3v) is 3.64. The van der Waals surface area contributed by atoms with E-state index in [1.807, 2.05) is 6.92 Å². The van der Waals surface area contributed by atoms with E-state index in [0.29, 0.717) is 5.82 Å². The van der Waals surface area contributed by atoms with E-state index in [0.717, 1.165) is 5.56 Å². The predicted molar refractivity (Wildman–Crippen MR) is 65.0 cm³/mol. The topological polar surface area (TPSA) is 101 Å². The first-order valence-corrected chi connectivity index (χ1v) is 6.36. The third-order valence-electron chi connectivity index (χ3n) is 2.20. The number of H-pyrrole nitrogens is 1. The van der Waals surface area contributed by atoms with Crippen LogP contribution in [0, 0.1) is 6.92 Å². The molecule has 0 saturated carbocycles. The molecule has 2 rings (SSSR count). The lowest BCUT2D eigenvalue weighted by molar-refractivity contribution is 0.601. The molecule has 1 heterocycles. The predicted octanol–water partition coefficient (Wildman–Crippen LogP) is 1.10. The molecule has 0 aliphatic heterocycles. The molecule has 7 heteroatoms. The van der Waals surface area contributed by atoms with Gasteiger partial charge >= 0.3 is 0 Å². The van der Waals surface area contributed by atoms with Crippen LogP contribution >= 0.6 is 0 Å². The SMILES string of the molecule is Cc1ccc(S(=O)(=O)Nc2ccn[nH]2)c(N)c1. The molecular weight excluding hydrogens is 240 g/mol. The van der Waals surface area contributed by atoms with Gasteiger partial charge in [-0.1, -0.05) is 6.07 Å². The van der Waals surface area contributed by atoms with Gasteiger partial charge in [-0.2, -0.15) is 5.10 Å². The molecule has 0 saturated heterocycles. The van der Waals surface area contributed by atoms with Crippen molar-refractivity contribution in [1.82, 2.24) is 10.2 Å². The van der Waals surface area contributed by atoms with E-state index in [4.69, 9.17) is 5.73 Å². The number of sulfonamides is 1. The number of hydrogen-bond donors (Lipinski definition) is 3. The first-order chi connectivity index (χ1) is 7.99. The number of nitrogens with one attached hydrogen (secondary N) is 2. The normalized spacial score (nSPS) is 11.4. The van der Waals surface area contributed by atoms with Crippen molar-refractivity contribution in [1.29, 1.82) is 0 Å². The van der Waals surface area contributed by atoms with Crippen LogP contribution in [-0.2, 0) is 10.0 Å². The molecule has 2 aromatic rings. The Morgan fingerprint density at radius 1 is 1.35 bits per heavy atom. The number of rotatable bonds is 3. The average molecular weight is 252 g/mol. The summed E-state index contributed by atoms with van der Waals surface area (Å²) in [4.78, 5) is 0.0534. The Morgan fingerprint density at radius 2 is 2.12 bits per heavy atom. The van der Waals surface area contributed by atoms with E-state index >= 15 is 0 Å². The fourth-order valence-corrected chi connectivity index (χ4v) is 2.55. The van der Waals surface area contributed by atoms with Gasteiger partial charge in [0.1, 0.15) is 10.7 Å². The van der Waals surface area contributed by atoms with Gasteiger partial charge in [-0.05, 0) is 24.6 Å². The summed E-state index contributed by atoms with van der Waals surface area (Å²) >= 11 is 0. The molecule has 6 nitrogen and oxygen atoms in total. The van der Waals surface area contributed by atoms with Gasteiger partial charge in [0, 0.05) is 6.07 Å². The highest BCUT2D eigenvalue weighted by atomic mass is 32.2. The standard InChI is InChI=1S/C10H12N4O2S/c1-7-2-3-9(8(11)6-7)17(15,16)14-10-4-5-12-13-10/h2-6H,11H2,1H3,(H2,12,13,14). The zero-order chi connectivity index (χ0) is 12.5. The van der Waals surface area contributed by atoms with Crippen LogP contribution in [0.4, 0.5) is 11.5 Å². The maximum absolute atomic E-state index is 12.0. The maximum Gasteiger partial charge on any atom is 0.265 e. The van der Waals surface area contributed by atoms with Crippen LogP contribution < -0.4 is 10.5 Å². The summed E-state index contributed by atoms with van der Waals surface area (Å²) in [6.45, 7) is 1.84. The second kappa shape index (κ2) is 4.10. The van der Waals surface area contributed by atoms with Crippen LogP contribution in [0.25, 0.3) is 0 Å².